The number of ether oxygens (including phenoxy) is 1. The molecule has 2 heterocycles. The minimum absolute atomic E-state index is 0.164. The number of nitrogens with zero attached hydrogens (tertiary/aromatic N) is 1. The summed E-state index contributed by atoms with van der Waals surface area (Å²) in [5, 5.41) is 13.3. The third kappa shape index (κ3) is 5.04. The number of rotatable bonds is 4. The molecule has 0 bridgehead atoms. The third-order valence-corrected chi connectivity index (χ3v) is 4.37. The van der Waals surface area contributed by atoms with Crippen LogP contribution in [0.25, 0.3) is 0 Å². The first kappa shape index (κ1) is 15.7. The van der Waals surface area contributed by atoms with Gasteiger partial charge in [0.1, 0.15) is 0 Å². The molecule has 5 nitrogen and oxygen atoms in total. The lowest BCUT2D eigenvalue weighted by Crippen LogP contribution is -2.35. The van der Waals surface area contributed by atoms with Gasteiger partial charge in [-0.2, -0.15) is 0 Å². The molecule has 0 aromatic heterocycles. The lowest BCUT2D eigenvalue weighted by atomic mass is 9.98. The monoisotopic (exact) mass is 284 g/mol. The number of likely N-dealkylation sites (tertiary alicyclic amines) is 1. The fourth-order valence-corrected chi connectivity index (χ4v) is 2.95. The van der Waals surface area contributed by atoms with Crippen LogP contribution < -0.4 is 5.32 Å². The molecule has 116 valence electrons. The van der Waals surface area contributed by atoms with Crippen molar-refractivity contribution in [3.8, 4) is 0 Å². The molecule has 2 N–H and O–H groups in total. The molecule has 2 saturated heterocycles. The van der Waals surface area contributed by atoms with Crippen LogP contribution in [0, 0.1) is 0 Å². The molecule has 2 aliphatic heterocycles. The zero-order valence-corrected chi connectivity index (χ0v) is 12.6. The Bertz CT molecular complexity index is 314. The van der Waals surface area contributed by atoms with Crippen molar-refractivity contribution in [3.63, 3.8) is 0 Å². The summed E-state index contributed by atoms with van der Waals surface area (Å²) in [4.78, 5) is 14.0. The van der Waals surface area contributed by atoms with Crippen LogP contribution in [0.2, 0.25) is 0 Å². The number of aliphatic hydroxyl groups is 1. The topological polar surface area (TPSA) is 61.8 Å². The van der Waals surface area contributed by atoms with E-state index in [-0.39, 0.29) is 5.91 Å². The van der Waals surface area contributed by atoms with Crippen molar-refractivity contribution >= 4 is 5.91 Å². The molecule has 1 atom stereocenters. The van der Waals surface area contributed by atoms with Gasteiger partial charge in [0.25, 0.3) is 0 Å². The summed E-state index contributed by atoms with van der Waals surface area (Å²) in [5.74, 6) is 0.164. The summed E-state index contributed by atoms with van der Waals surface area (Å²) in [7, 11) is 0. The van der Waals surface area contributed by atoms with Crippen molar-refractivity contribution in [1.29, 1.82) is 0 Å². The van der Waals surface area contributed by atoms with Crippen LogP contribution in [0.1, 0.15) is 45.4 Å². The van der Waals surface area contributed by atoms with Gasteiger partial charge in [0.2, 0.25) is 5.91 Å². The summed E-state index contributed by atoms with van der Waals surface area (Å²) in [6, 6.07) is 0. The van der Waals surface area contributed by atoms with Crippen molar-refractivity contribution in [2.75, 3.05) is 32.8 Å². The highest BCUT2D eigenvalue weighted by atomic mass is 16.5. The second-order valence-corrected chi connectivity index (χ2v) is 6.30. The molecule has 2 aliphatic rings. The average molecular weight is 284 g/mol. The maximum absolute atomic E-state index is 12.2. The highest BCUT2D eigenvalue weighted by Gasteiger charge is 2.26. The Hall–Kier alpha value is -0.650. The first-order valence-electron chi connectivity index (χ1n) is 7.89. The van der Waals surface area contributed by atoms with Crippen LogP contribution >= 0.6 is 0 Å². The molecule has 2 rings (SSSR count). The first-order valence-corrected chi connectivity index (χ1v) is 7.89. The molecule has 5 heteroatoms. The highest BCUT2D eigenvalue weighted by Crippen LogP contribution is 2.21. The highest BCUT2D eigenvalue weighted by molar-refractivity contribution is 5.76. The number of hydrogen-bond acceptors (Lipinski definition) is 4. The van der Waals surface area contributed by atoms with E-state index in [0.717, 1.165) is 45.3 Å². The minimum atomic E-state index is -0.610. The molecule has 0 aliphatic carbocycles. The number of hydrogen-bond donors (Lipinski definition) is 2. The first-order chi connectivity index (χ1) is 9.57. The van der Waals surface area contributed by atoms with E-state index in [9.17, 15) is 9.90 Å². The number of carbonyl (C=O) groups excluding carboxylic acids is 1. The van der Waals surface area contributed by atoms with E-state index in [4.69, 9.17) is 4.74 Å². The Morgan fingerprint density at radius 2 is 2.10 bits per heavy atom. The van der Waals surface area contributed by atoms with E-state index in [1.165, 1.54) is 0 Å². The van der Waals surface area contributed by atoms with Crippen LogP contribution in [0.15, 0.2) is 0 Å². The van der Waals surface area contributed by atoms with Gasteiger partial charge >= 0.3 is 0 Å². The molecule has 0 aromatic carbocycles. The summed E-state index contributed by atoms with van der Waals surface area (Å²) in [5.41, 5.74) is -0.610. The number of carbonyl (C=O) groups is 1. The van der Waals surface area contributed by atoms with Gasteiger partial charge < -0.3 is 20.1 Å². The molecule has 1 unspecified atom stereocenters. The Balaban J connectivity index is 1.66. The fraction of sp³-hybridized carbons (Fsp3) is 0.933. The molecule has 1 amide bonds. The van der Waals surface area contributed by atoms with Crippen molar-refractivity contribution < 1.29 is 14.6 Å². The van der Waals surface area contributed by atoms with Gasteiger partial charge in [0.05, 0.1) is 24.7 Å². The second kappa shape index (κ2) is 7.38. The zero-order chi connectivity index (χ0) is 14.4. The van der Waals surface area contributed by atoms with E-state index in [1.54, 1.807) is 0 Å². The van der Waals surface area contributed by atoms with Gasteiger partial charge in [-0.1, -0.05) is 0 Å². The Morgan fingerprint density at radius 3 is 2.85 bits per heavy atom. The van der Waals surface area contributed by atoms with E-state index in [2.05, 4.69) is 5.32 Å². The molecule has 2 fully saturated rings. The van der Waals surface area contributed by atoms with E-state index in [0.29, 0.717) is 32.1 Å². The Kier molecular flexibility index (Phi) is 5.81. The molecule has 0 radical (unpaired) electrons. The molecular formula is C15H28N2O3. The van der Waals surface area contributed by atoms with Crippen LogP contribution in [0.3, 0.4) is 0 Å². The van der Waals surface area contributed by atoms with Crippen molar-refractivity contribution in [2.45, 2.75) is 57.2 Å². The maximum Gasteiger partial charge on any atom is 0.224 e. The van der Waals surface area contributed by atoms with E-state index < -0.39 is 5.60 Å². The van der Waals surface area contributed by atoms with Gasteiger partial charge in [0, 0.05) is 13.1 Å². The normalized spacial score (nSPS) is 29.2. The lowest BCUT2D eigenvalue weighted by Gasteiger charge is -2.25. The Labute approximate surface area is 121 Å². The zero-order valence-electron chi connectivity index (χ0n) is 12.6. The number of piperidine rings is 1. The summed E-state index contributed by atoms with van der Waals surface area (Å²) < 4.78 is 5.78. The van der Waals surface area contributed by atoms with Gasteiger partial charge in [-0.3, -0.25) is 4.79 Å². The molecule has 0 saturated carbocycles. The van der Waals surface area contributed by atoms with E-state index in [1.807, 2.05) is 11.8 Å². The summed E-state index contributed by atoms with van der Waals surface area (Å²) in [6.07, 6.45) is 5.20. The maximum atomic E-state index is 12.2. The lowest BCUT2D eigenvalue weighted by molar-refractivity contribution is -0.133. The predicted octanol–water partition coefficient (Wildman–Crippen LogP) is 0.909. The fourth-order valence-electron chi connectivity index (χ4n) is 2.95. The molecule has 20 heavy (non-hydrogen) atoms. The van der Waals surface area contributed by atoms with Crippen LogP contribution in [-0.2, 0) is 9.53 Å². The molecule has 0 aromatic rings. The van der Waals surface area contributed by atoms with Crippen molar-refractivity contribution in [3.05, 3.63) is 0 Å². The standard InChI is InChI=1S/C15H28N2O3/c1-15(19)6-2-10-17(11-7-15)14(18)5-12-20-13-3-8-16-9-4-13/h13,16,19H,2-12H2,1H3. The predicted molar refractivity (Wildman–Crippen MR) is 77.5 cm³/mol. The van der Waals surface area contributed by atoms with E-state index >= 15 is 0 Å². The SMILES string of the molecule is CC1(O)CCCN(C(=O)CCOC2CCNCC2)CC1. The second-order valence-electron chi connectivity index (χ2n) is 6.30. The van der Waals surface area contributed by atoms with Gasteiger partial charge in [-0.25, -0.2) is 0 Å². The minimum Gasteiger partial charge on any atom is -0.390 e. The van der Waals surface area contributed by atoms with Crippen LogP contribution in [0.4, 0.5) is 0 Å². The van der Waals surface area contributed by atoms with Crippen LogP contribution in [0.5, 0.6) is 0 Å². The van der Waals surface area contributed by atoms with Gasteiger partial charge in [-0.05, 0) is 52.1 Å². The smallest absolute Gasteiger partial charge is 0.224 e. The van der Waals surface area contributed by atoms with Crippen molar-refractivity contribution in [2.24, 2.45) is 0 Å². The largest absolute Gasteiger partial charge is 0.390 e. The van der Waals surface area contributed by atoms with Gasteiger partial charge in [0.15, 0.2) is 0 Å². The number of nitrogens with one attached hydrogen (secondary N) is 1. The number of amides is 1. The Morgan fingerprint density at radius 1 is 1.35 bits per heavy atom. The van der Waals surface area contributed by atoms with Crippen molar-refractivity contribution in [1.82, 2.24) is 10.2 Å². The van der Waals surface area contributed by atoms with Gasteiger partial charge in [-0.15, -0.1) is 0 Å². The summed E-state index contributed by atoms with van der Waals surface area (Å²) >= 11 is 0. The summed E-state index contributed by atoms with van der Waals surface area (Å²) in [6.45, 7) is 5.85. The molecule has 0 spiro atoms. The average Bonchev–Trinajstić information content (AvgIpc) is 2.61. The van der Waals surface area contributed by atoms with Crippen LogP contribution in [-0.4, -0.2) is 60.4 Å². The molecular weight excluding hydrogens is 256 g/mol. The third-order valence-electron chi connectivity index (χ3n) is 4.37. The quantitative estimate of drug-likeness (QED) is 0.805.